The van der Waals surface area contributed by atoms with E-state index in [9.17, 15) is 5.11 Å². The van der Waals surface area contributed by atoms with E-state index in [0.29, 0.717) is 16.5 Å². The molecule has 2 aromatic rings. The normalized spacial score (nSPS) is 10.3. The Morgan fingerprint density at radius 2 is 2.06 bits per heavy atom. The van der Waals surface area contributed by atoms with Crippen molar-refractivity contribution in [2.75, 3.05) is 0 Å². The van der Waals surface area contributed by atoms with Gasteiger partial charge in [-0.2, -0.15) is 0 Å². The third-order valence-corrected chi connectivity index (χ3v) is 3.35. The van der Waals surface area contributed by atoms with E-state index in [1.807, 2.05) is 18.2 Å². The van der Waals surface area contributed by atoms with Crippen LogP contribution in [0.5, 0.6) is 5.75 Å². The summed E-state index contributed by atoms with van der Waals surface area (Å²) in [5.74, 6) is 0.993. The molecule has 0 aliphatic carbocycles. The van der Waals surface area contributed by atoms with E-state index in [1.165, 1.54) is 11.8 Å². The van der Waals surface area contributed by atoms with Gasteiger partial charge in [0.15, 0.2) is 0 Å². The SMILES string of the molecule is Oc1ccccc1SCc1cc(Cl)ccn1. The number of nitrogens with zero attached hydrogens (tertiary/aromatic N) is 1. The molecule has 0 amide bonds. The van der Waals surface area contributed by atoms with Crippen LogP contribution >= 0.6 is 23.4 Å². The summed E-state index contributed by atoms with van der Waals surface area (Å²) < 4.78 is 0. The van der Waals surface area contributed by atoms with Gasteiger partial charge in [0.05, 0.1) is 5.69 Å². The molecular formula is C12H10ClNOS. The van der Waals surface area contributed by atoms with E-state index in [-0.39, 0.29) is 0 Å². The van der Waals surface area contributed by atoms with Crippen molar-refractivity contribution in [2.24, 2.45) is 0 Å². The van der Waals surface area contributed by atoms with Crippen LogP contribution in [-0.2, 0) is 5.75 Å². The summed E-state index contributed by atoms with van der Waals surface area (Å²) in [5.41, 5.74) is 0.903. The van der Waals surface area contributed by atoms with Crippen LogP contribution < -0.4 is 0 Å². The fourth-order valence-corrected chi connectivity index (χ4v) is 2.29. The lowest BCUT2D eigenvalue weighted by Crippen LogP contribution is -1.85. The molecule has 1 N–H and O–H groups in total. The van der Waals surface area contributed by atoms with Crippen LogP contribution in [0.25, 0.3) is 0 Å². The molecule has 0 saturated carbocycles. The van der Waals surface area contributed by atoms with Crippen LogP contribution in [0.15, 0.2) is 47.5 Å². The first kappa shape index (κ1) is 11.3. The Bertz CT molecular complexity index is 490. The Hall–Kier alpha value is -1.19. The molecule has 0 saturated heterocycles. The molecule has 82 valence electrons. The van der Waals surface area contributed by atoms with Crippen molar-refractivity contribution in [3.05, 3.63) is 53.3 Å². The lowest BCUT2D eigenvalue weighted by atomic mass is 10.3. The fraction of sp³-hybridized carbons (Fsp3) is 0.0833. The number of benzene rings is 1. The maximum Gasteiger partial charge on any atom is 0.129 e. The van der Waals surface area contributed by atoms with Gasteiger partial charge in [-0.25, -0.2) is 0 Å². The van der Waals surface area contributed by atoms with Crippen molar-refractivity contribution < 1.29 is 5.11 Å². The molecule has 0 spiro atoms. The molecule has 0 radical (unpaired) electrons. The monoisotopic (exact) mass is 251 g/mol. The molecule has 0 atom stereocenters. The van der Waals surface area contributed by atoms with Gasteiger partial charge in [-0.15, -0.1) is 11.8 Å². The zero-order valence-electron chi connectivity index (χ0n) is 8.43. The highest BCUT2D eigenvalue weighted by Gasteiger charge is 2.02. The minimum absolute atomic E-state index is 0.300. The second-order valence-electron chi connectivity index (χ2n) is 3.22. The standard InChI is InChI=1S/C12H10ClNOS/c13-9-5-6-14-10(7-9)8-16-12-4-2-1-3-11(12)15/h1-7,15H,8H2. The maximum absolute atomic E-state index is 9.58. The number of phenolic OH excluding ortho intramolecular Hbond substituents is 1. The Morgan fingerprint density at radius 1 is 1.25 bits per heavy atom. The van der Waals surface area contributed by atoms with E-state index in [2.05, 4.69) is 4.98 Å². The average Bonchev–Trinajstić information content (AvgIpc) is 2.28. The van der Waals surface area contributed by atoms with Crippen molar-refractivity contribution in [1.29, 1.82) is 0 Å². The molecule has 0 fully saturated rings. The number of hydrogen-bond donors (Lipinski definition) is 1. The van der Waals surface area contributed by atoms with Crippen molar-refractivity contribution in [1.82, 2.24) is 4.98 Å². The number of aromatic hydroxyl groups is 1. The number of thioether (sulfide) groups is 1. The first-order valence-corrected chi connectivity index (χ1v) is 6.13. The highest BCUT2D eigenvalue weighted by atomic mass is 35.5. The van der Waals surface area contributed by atoms with E-state index >= 15 is 0 Å². The van der Waals surface area contributed by atoms with Gasteiger partial charge in [-0.1, -0.05) is 23.7 Å². The van der Waals surface area contributed by atoms with E-state index in [0.717, 1.165) is 10.6 Å². The topological polar surface area (TPSA) is 33.1 Å². The van der Waals surface area contributed by atoms with Gasteiger partial charge in [-0.3, -0.25) is 4.98 Å². The molecular weight excluding hydrogens is 242 g/mol. The summed E-state index contributed by atoms with van der Waals surface area (Å²) in [5, 5.41) is 10.3. The Labute approximate surface area is 103 Å². The van der Waals surface area contributed by atoms with Crippen LogP contribution in [0.2, 0.25) is 5.02 Å². The largest absolute Gasteiger partial charge is 0.507 e. The Morgan fingerprint density at radius 3 is 2.81 bits per heavy atom. The maximum atomic E-state index is 9.58. The highest BCUT2D eigenvalue weighted by Crippen LogP contribution is 2.30. The van der Waals surface area contributed by atoms with E-state index < -0.39 is 0 Å². The Balaban J connectivity index is 2.05. The summed E-state index contributed by atoms with van der Waals surface area (Å²) in [6, 6.07) is 10.8. The quantitative estimate of drug-likeness (QED) is 0.844. The van der Waals surface area contributed by atoms with Crippen LogP contribution in [0, 0.1) is 0 Å². The van der Waals surface area contributed by atoms with Gasteiger partial charge in [0.25, 0.3) is 0 Å². The summed E-state index contributed by atoms with van der Waals surface area (Å²) in [6.07, 6.45) is 1.68. The predicted molar refractivity (Wildman–Crippen MR) is 66.9 cm³/mol. The molecule has 1 aromatic heterocycles. The second-order valence-corrected chi connectivity index (χ2v) is 4.68. The minimum Gasteiger partial charge on any atom is -0.507 e. The van der Waals surface area contributed by atoms with Gasteiger partial charge in [0.2, 0.25) is 0 Å². The number of aromatic nitrogens is 1. The van der Waals surface area contributed by atoms with Crippen LogP contribution in [0.4, 0.5) is 0 Å². The third-order valence-electron chi connectivity index (χ3n) is 2.02. The van der Waals surface area contributed by atoms with Crippen molar-refractivity contribution in [3.63, 3.8) is 0 Å². The van der Waals surface area contributed by atoms with Crippen LogP contribution in [0.3, 0.4) is 0 Å². The molecule has 2 rings (SSSR count). The van der Waals surface area contributed by atoms with Gasteiger partial charge < -0.3 is 5.11 Å². The molecule has 16 heavy (non-hydrogen) atoms. The zero-order chi connectivity index (χ0) is 11.4. The molecule has 4 heteroatoms. The predicted octanol–water partition coefficient (Wildman–Crippen LogP) is 3.73. The summed E-state index contributed by atoms with van der Waals surface area (Å²) >= 11 is 7.40. The molecule has 2 nitrogen and oxygen atoms in total. The molecule has 1 heterocycles. The number of phenols is 1. The zero-order valence-corrected chi connectivity index (χ0v) is 10.0. The molecule has 0 aliphatic heterocycles. The summed E-state index contributed by atoms with van der Waals surface area (Å²) in [4.78, 5) is 5.05. The van der Waals surface area contributed by atoms with Gasteiger partial charge in [-0.05, 0) is 24.3 Å². The van der Waals surface area contributed by atoms with Gasteiger partial charge >= 0.3 is 0 Å². The number of rotatable bonds is 3. The summed E-state index contributed by atoms with van der Waals surface area (Å²) in [6.45, 7) is 0. The smallest absolute Gasteiger partial charge is 0.129 e. The fourth-order valence-electron chi connectivity index (χ4n) is 1.26. The summed E-state index contributed by atoms with van der Waals surface area (Å²) in [7, 11) is 0. The van der Waals surface area contributed by atoms with Gasteiger partial charge in [0, 0.05) is 21.9 Å². The lowest BCUT2D eigenvalue weighted by molar-refractivity contribution is 0.462. The van der Waals surface area contributed by atoms with Gasteiger partial charge in [0.1, 0.15) is 5.75 Å². The second kappa shape index (κ2) is 5.23. The number of pyridine rings is 1. The molecule has 1 aromatic carbocycles. The Kier molecular flexibility index (Phi) is 3.70. The van der Waals surface area contributed by atoms with E-state index in [1.54, 1.807) is 24.4 Å². The number of para-hydroxylation sites is 1. The average molecular weight is 252 g/mol. The van der Waals surface area contributed by atoms with Crippen molar-refractivity contribution >= 4 is 23.4 Å². The first-order chi connectivity index (χ1) is 7.75. The van der Waals surface area contributed by atoms with E-state index in [4.69, 9.17) is 11.6 Å². The van der Waals surface area contributed by atoms with Crippen LogP contribution in [0.1, 0.15) is 5.69 Å². The van der Waals surface area contributed by atoms with Crippen molar-refractivity contribution in [3.8, 4) is 5.75 Å². The molecule has 0 aliphatic rings. The van der Waals surface area contributed by atoms with Crippen LogP contribution in [-0.4, -0.2) is 10.1 Å². The number of halogens is 1. The lowest BCUT2D eigenvalue weighted by Gasteiger charge is -2.03. The minimum atomic E-state index is 0.300. The van der Waals surface area contributed by atoms with Crippen molar-refractivity contribution in [2.45, 2.75) is 10.6 Å². The molecule has 0 bridgehead atoms. The first-order valence-electron chi connectivity index (χ1n) is 4.77. The molecule has 0 unspecified atom stereocenters. The third kappa shape index (κ3) is 2.90. The number of hydrogen-bond acceptors (Lipinski definition) is 3. The highest BCUT2D eigenvalue weighted by molar-refractivity contribution is 7.98.